The van der Waals surface area contributed by atoms with Crippen LogP contribution in [0.4, 0.5) is 5.69 Å². The molecule has 0 spiro atoms. The predicted octanol–water partition coefficient (Wildman–Crippen LogP) is 5.27. The Bertz CT molecular complexity index is 1440. The van der Waals surface area contributed by atoms with Gasteiger partial charge in [0.2, 0.25) is 0 Å². The molecule has 1 aliphatic rings. The van der Waals surface area contributed by atoms with Gasteiger partial charge in [0.05, 0.1) is 16.6 Å². The Labute approximate surface area is 211 Å². The molecular formula is C29H30N2O4S. The fourth-order valence-corrected chi connectivity index (χ4v) is 6.74. The summed E-state index contributed by atoms with van der Waals surface area (Å²) in [6.45, 7) is 1.83. The van der Waals surface area contributed by atoms with Gasteiger partial charge in [0.15, 0.2) is 9.84 Å². The Balaban J connectivity index is 1.25. The second-order valence-corrected chi connectivity index (χ2v) is 11.6. The first-order valence-electron chi connectivity index (χ1n) is 12.3. The normalized spacial score (nSPS) is 15.7. The molecule has 0 saturated carbocycles. The van der Waals surface area contributed by atoms with Gasteiger partial charge in [0, 0.05) is 35.9 Å². The van der Waals surface area contributed by atoms with Crippen molar-refractivity contribution < 1.29 is 18.3 Å². The molecule has 1 aliphatic heterocycles. The number of hydrogen-bond donors (Lipinski definition) is 2. The first-order chi connectivity index (χ1) is 17.4. The van der Waals surface area contributed by atoms with Gasteiger partial charge in [-0.25, -0.2) is 8.42 Å². The van der Waals surface area contributed by atoms with Crippen LogP contribution in [-0.4, -0.2) is 43.3 Å². The number of sulfone groups is 1. The number of nitrogens with zero attached hydrogens (tertiary/aromatic N) is 1. The lowest BCUT2D eigenvalue weighted by atomic mass is 9.89. The summed E-state index contributed by atoms with van der Waals surface area (Å²) in [6.07, 6.45) is 4.02. The van der Waals surface area contributed by atoms with Gasteiger partial charge >= 0.3 is 5.97 Å². The van der Waals surface area contributed by atoms with Crippen molar-refractivity contribution >= 4 is 32.4 Å². The van der Waals surface area contributed by atoms with Crippen LogP contribution in [0.5, 0.6) is 0 Å². The van der Waals surface area contributed by atoms with Crippen molar-refractivity contribution in [1.29, 1.82) is 0 Å². The van der Waals surface area contributed by atoms with Crippen LogP contribution in [0, 0.1) is 5.92 Å². The van der Waals surface area contributed by atoms with Gasteiger partial charge in [-0.1, -0.05) is 48.5 Å². The minimum absolute atomic E-state index is 0.146. The van der Waals surface area contributed by atoms with Crippen LogP contribution in [0.15, 0.2) is 90.0 Å². The molecule has 7 heteroatoms. The van der Waals surface area contributed by atoms with Crippen molar-refractivity contribution in [1.82, 2.24) is 4.98 Å². The van der Waals surface area contributed by atoms with E-state index in [0.717, 1.165) is 48.1 Å². The highest BCUT2D eigenvalue weighted by molar-refractivity contribution is 7.91. The van der Waals surface area contributed by atoms with E-state index in [0.29, 0.717) is 5.92 Å². The van der Waals surface area contributed by atoms with Crippen LogP contribution in [0.1, 0.15) is 29.9 Å². The molecule has 36 heavy (non-hydrogen) atoms. The highest BCUT2D eigenvalue weighted by atomic mass is 32.2. The van der Waals surface area contributed by atoms with Crippen LogP contribution in [0.25, 0.3) is 10.9 Å². The van der Waals surface area contributed by atoms with Crippen molar-refractivity contribution in [2.24, 2.45) is 5.92 Å². The summed E-state index contributed by atoms with van der Waals surface area (Å²) in [4.78, 5) is 17.6. The van der Waals surface area contributed by atoms with Gasteiger partial charge in [-0.3, -0.25) is 4.79 Å². The standard InChI is InChI=1S/C29H30N2O4S/c32-29(33)24(18-23-19-30-28-9-5-4-8-27(23)28)20-36(34,35)26-12-10-25(11-13-26)31-16-14-22(15-17-31)21-6-2-1-3-7-21/h1-13,19,22,24,30H,14-18,20H2,(H,32,33). The van der Waals surface area contributed by atoms with E-state index in [9.17, 15) is 18.3 Å². The zero-order chi connectivity index (χ0) is 25.1. The van der Waals surface area contributed by atoms with E-state index in [4.69, 9.17) is 0 Å². The summed E-state index contributed by atoms with van der Waals surface area (Å²) in [5.74, 6) is -2.04. The van der Waals surface area contributed by atoms with Crippen LogP contribution in [-0.2, 0) is 21.1 Å². The molecule has 5 rings (SSSR count). The fourth-order valence-electron chi connectivity index (χ4n) is 5.21. The Morgan fingerprint density at radius 2 is 1.61 bits per heavy atom. The number of anilines is 1. The van der Waals surface area contributed by atoms with Crippen LogP contribution >= 0.6 is 0 Å². The van der Waals surface area contributed by atoms with Gasteiger partial charge in [-0.2, -0.15) is 0 Å². The number of fused-ring (bicyclic) bond motifs is 1. The Morgan fingerprint density at radius 3 is 2.31 bits per heavy atom. The number of benzene rings is 3. The third-order valence-corrected chi connectivity index (χ3v) is 9.07. The SMILES string of the molecule is O=C(O)C(Cc1c[nH]c2ccccc12)CS(=O)(=O)c1ccc(N2CCC(c3ccccc3)CC2)cc1. The number of hydrogen-bond acceptors (Lipinski definition) is 4. The van der Waals surface area contributed by atoms with Crippen molar-refractivity contribution in [3.63, 3.8) is 0 Å². The molecule has 6 nitrogen and oxygen atoms in total. The maximum atomic E-state index is 13.1. The highest BCUT2D eigenvalue weighted by Crippen LogP contribution is 2.31. The van der Waals surface area contributed by atoms with Gasteiger partial charge in [0.1, 0.15) is 0 Å². The number of H-pyrrole nitrogens is 1. The second-order valence-electron chi connectivity index (χ2n) is 9.55. The molecule has 0 aliphatic carbocycles. The highest BCUT2D eigenvalue weighted by Gasteiger charge is 2.28. The molecule has 2 heterocycles. The molecule has 0 amide bonds. The first-order valence-corrected chi connectivity index (χ1v) is 14.0. The number of aromatic amines is 1. The largest absolute Gasteiger partial charge is 0.481 e. The molecule has 1 aromatic heterocycles. The summed E-state index contributed by atoms with van der Waals surface area (Å²) >= 11 is 0. The number of para-hydroxylation sites is 1. The zero-order valence-electron chi connectivity index (χ0n) is 20.0. The van der Waals surface area contributed by atoms with Crippen molar-refractivity contribution in [2.45, 2.75) is 30.1 Å². The minimum atomic E-state index is -3.76. The molecule has 4 aromatic rings. The first kappa shape index (κ1) is 24.1. The lowest BCUT2D eigenvalue weighted by Gasteiger charge is -2.34. The number of carboxylic acids is 1. The van der Waals surface area contributed by atoms with Crippen molar-refractivity contribution in [3.8, 4) is 0 Å². The molecule has 1 saturated heterocycles. The molecule has 1 atom stereocenters. The fraction of sp³-hybridized carbons (Fsp3) is 0.276. The van der Waals surface area contributed by atoms with Crippen LogP contribution < -0.4 is 4.90 Å². The lowest BCUT2D eigenvalue weighted by Crippen LogP contribution is -2.32. The Kier molecular flexibility index (Phi) is 6.83. The number of piperidine rings is 1. The second kappa shape index (κ2) is 10.2. The number of aliphatic carboxylic acids is 1. The van der Waals surface area contributed by atoms with Crippen LogP contribution in [0.3, 0.4) is 0 Å². The van der Waals surface area contributed by atoms with Gasteiger partial charge < -0.3 is 15.0 Å². The van der Waals surface area contributed by atoms with Crippen molar-refractivity contribution in [2.75, 3.05) is 23.7 Å². The molecular weight excluding hydrogens is 472 g/mol. The summed E-state index contributed by atoms with van der Waals surface area (Å²) in [5, 5.41) is 10.7. The monoisotopic (exact) mass is 502 g/mol. The summed E-state index contributed by atoms with van der Waals surface area (Å²) in [6, 6.07) is 25.1. The lowest BCUT2D eigenvalue weighted by molar-refractivity contribution is -0.140. The topological polar surface area (TPSA) is 90.5 Å². The Hall–Kier alpha value is -3.58. The average molecular weight is 503 g/mol. The third kappa shape index (κ3) is 5.16. The van der Waals surface area contributed by atoms with E-state index >= 15 is 0 Å². The number of carbonyl (C=O) groups is 1. The van der Waals surface area contributed by atoms with E-state index in [2.05, 4.69) is 34.1 Å². The number of rotatable bonds is 8. The number of aromatic nitrogens is 1. The molecule has 3 aromatic carbocycles. The van der Waals surface area contributed by atoms with E-state index in [1.165, 1.54) is 5.56 Å². The van der Waals surface area contributed by atoms with E-state index in [1.54, 1.807) is 18.3 Å². The van der Waals surface area contributed by atoms with E-state index in [-0.39, 0.29) is 11.3 Å². The summed E-state index contributed by atoms with van der Waals surface area (Å²) in [5.41, 5.74) is 4.08. The molecule has 186 valence electrons. The van der Waals surface area contributed by atoms with Crippen molar-refractivity contribution in [3.05, 3.63) is 96.2 Å². The molecule has 0 radical (unpaired) electrons. The Morgan fingerprint density at radius 1 is 0.944 bits per heavy atom. The van der Waals surface area contributed by atoms with Crippen LogP contribution in [0.2, 0.25) is 0 Å². The average Bonchev–Trinajstić information content (AvgIpc) is 3.32. The van der Waals surface area contributed by atoms with Gasteiger partial charge in [0.25, 0.3) is 0 Å². The van der Waals surface area contributed by atoms with Gasteiger partial charge in [-0.15, -0.1) is 0 Å². The zero-order valence-corrected chi connectivity index (χ0v) is 20.8. The van der Waals surface area contributed by atoms with Gasteiger partial charge in [-0.05, 0) is 66.6 Å². The third-order valence-electron chi connectivity index (χ3n) is 7.24. The quantitative estimate of drug-likeness (QED) is 0.343. The molecule has 0 bridgehead atoms. The maximum Gasteiger partial charge on any atom is 0.307 e. The van der Waals surface area contributed by atoms with E-state index in [1.807, 2.05) is 42.5 Å². The number of nitrogens with one attached hydrogen (secondary N) is 1. The molecule has 2 N–H and O–H groups in total. The van der Waals surface area contributed by atoms with E-state index < -0.39 is 27.5 Å². The summed E-state index contributed by atoms with van der Waals surface area (Å²) < 4.78 is 26.3. The predicted molar refractivity (Wildman–Crippen MR) is 142 cm³/mol. The maximum absolute atomic E-state index is 13.1. The summed E-state index contributed by atoms with van der Waals surface area (Å²) in [7, 11) is -3.76. The smallest absolute Gasteiger partial charge is 0.307 e. The minimum Gasteiger partial charge on any atom is -0.481 e. The molecule has 1 fully saturated rings. The number of carboxylic acid groups (broad SMARTS) is 1. The molecule has 1 unspecified atom stereocenters.